The second kappa shape index (κ2) is 6.91. The molecule has 0 radical (unpaired) electrons. The third-order valence-corrected chi connectivity index (χ3v) is 4.41. The molecule has 0 saturated carbocycles. The van der Waals surface area contributed by atoms with Crippen molar-refractivity contribution in [3.05, 3.63) is 59.4 Å². The number of aromatic nitrogens is 1. The molecule has 0 unspecified atom stereocenters. The summed E-state index contributed by atoms with van der Waals surface area (Å²) in [6.07, 6.45) is 4.51. The van der Waals surface area contributed by atoms with Crippen LogP contribution < -0.4 is 0 Å². The molecule has 126 valence electrons. The largest absolute Gasteiger partial charge is 0.356 e. The highest BCUT2D eigenvalue weighted by molar-refractivity contribution is 5.95. The molecule has 24 heavy (non-hydrogen) atoms. The first kappa shape index (κ1) is 16.3. The average molecular weight is 325 g/mol. The van der Waals surface area contributed by atoms with Gasteiger partial charge in [0.2, 0.25) is 0 Å². The van der Waals surface area contributed by atoms with Crippen molar-refractivity contribution in [1.82, 2.24) is 14.4 Å². The standard InChI is InChI=1S/C19H23N3O2/c1-15-5-3-6-16(13-15)18(23)21-8-4-9-22(12-11-21)19(24)17-7-10-20(2)14-17/h3,5-7,10,13-14H,4,8-9,11-12H2,1-2H3. The van der Waals surface area contributed by atoms with Crippen LogP contribution in [0.4, 0.5) is 0 Å². The summed E-state index contributed by atoms with van der Waals surface area (Å²) in [4.78, 5) is 28.9. The van der Waals surface area contributed by atoms with E-state index >= 15 is 0 Å². The molecule has 3 rings (SSSR count). The minimum absolute atomic E-state index is 0.0421. The summed E-state index contributed by atoms with van der Waals surface area (Å²) in [7, 11) is 1.90. The summed E-state index contributed by atoms with van der Waals surface area (Å²) in [5.74, 6) is 0.0909. The molecule has 1 aromatic carbocycles. The van der Waals surface area contributed by atoms with Crippen LogP contribution in [-0.2, 0) is 7.05 Å². The first-order valence-electron chi connectivity index (χ1n) is 8.32. The van der Waals surface area contributed by atoms with Gasteiger partial charge in [-0.15, -0.1) is 0 Å². The lowest BCUT2D eigenvalue weighted by Gasteiger charge is -2.22. The monoisotopic (exact) mass is 325 g/mol. The van der Waals surface area contributed by atoms with Gasteiger partial charge in [-0.2, -0.15) is 0 Å². The SMILES string of the molecule is Cc1cccc(C(=O)N2CCCN(C(=O)c3ccn(C)c3)CC2)c1. The van der Waals surface area contributed by atoms with E-state index < -0.39 is 0 Å². The summed E-state index contributed by atoms with van der Waals surface area (Å²) < 4.78 is 1.87. The van der Waals surface area contributed by atoms with Crippen molar-refractivity contribution in [3.8, 4) is 0 Å². The summed E-state index contributed by atoms with van der Waals surface area (Å²) in [5, 5.41) is 0. The summed E-state index contributed by atoms with van der Waals surface area (Å²) in [5.41, 5.74) is 2.50. The Morgan fingerprint density at radius 1 is 0.917 bits per heavy atom. The lowest BCUT2D eigenvalue weighted by Crippen LogP contribution is -2.37. The zero-order valence-corrected chi connectivity index (χ0v) is 14.2. The molecule has 5 nitrogen and oxygen atoms in total. The first-order valence-corrected chi connectivity index (χ1v) is 8.32. The van der Waals surface area contributed by atoms with Gasteiger partial charge in [0.05, 0.1) is 5.56 Å². The number of nitrogens with zero attached hydrogens (tertiary/aromatic N) is 3. The van der Waals surface area contributed by atoms with Crippen LogP contribution in [-0.4, -0.2) is 52.4 Å². The van der Waals surface area contributed by atoms with E-state index in [-0.39, 0.29) is 11.8 Å². The molecule has 0 aliphatic carbocycles. The number of hydrogen-bond acceptors (Lipinski definition) is 2. The molecule has 1 aliphatic heterocycles. The van der Waals surface area contributed by atoms with Crippen LogP contribution in [0.2, 0.25) is 0 Å². The topological polar surface area (TPSA) is 45.6 Å². The Balaban J connectivity index is 1.66. The molecule has 1 aliphatic rings. The normalized spacial score (nSPS) is 15.2. The van der Waals surface area contributed by atoms with Gasteiger partial charge in [0.25, 0.3) is 11.8 Å². The van der Waals surface area contributed by atoms with Crippen LogP contribution in [0.3, 0.4) is 0 Å². The fraction of sp³-hybridized carbons (Fsp3) is 0.368. The van der Waals surface area contributed by atoms with Crippen LogP contribution in [0, 0.1) is 6.92 Å². The number of rotatable bonds is 2. The van der Waals surface area contributed by atoms with E-state index in [1.165, 1.54) is 0 Å². The molecule has 0 bridgehead atoms. The van der Waals surface area contributed by atoms with Gasteiger partial charge in [-0.05, 0) is 31.5 Å². The van der Waals surface area contributed by atoms with Gasteiger partial charge in [0.1, 0.15) is 0 Å². The highest BCUT2D eigenvalue weighted by Gasteiger charge is 2.23. The predicted octanol–water partition coefficient (Wildman–Crippen LogP) is 2.32. The van der Waals surface area contributed by atoms with Crippen molar-refractivity contribution >= 4 is 11.8 Å². The molecule has 1 fully saturated rings. The number of amides is 2. The molecule has 0 N–H and O–H groups in total. The van der Waals surface area contributed by atoms with Crippen molar-refractivity contribution in [2.45, 2.75) is 13.3 Å². The predicted molar refractivity (Wildman–Crippen MR) is 93.0 cm³/mol. The van der Waals surface area contributed by atoms with E-state index in [4.69, 9.17) is 0 Å². The lowest BCUT2D eigenvalue weighted by atomic mass is 10.1. The quantitative estimate of drug-likeness (QED) is 0.851. The van der Waals surface area contributed by atoms with Crippen LogP contribution in [0.1, 0.15) is 32.7 Å². The van der Waals surface area contributed by atoms with Gasteiger partial charge in [0, 0.05) is 51.2 Å². The Kier molecular flexibility index (Phi) is 4.69. The Labute approximate surface area is 142 Å². The van der Waals surface area contributed by atoms with Gasteiger partial charge < -0.3 is 14.4 Å². The molecule has 2 amide bonds. The van der Waals surface area contributed by atoms with E-state index in [1.54, 1.807) is 0 Å². The van der Waals surface area contributed by atoms with Crippen LogP contribution in [0.5, 0.6) is 0 Å². The molecule has 2 aromatic rings. The van der Waals surface area contributed by atoms with E-state index in [0.29, 0.717) is 31.7 Å². The third kappa shape index (κ3) is 3.50. The summed E-state index contributed by atoms with van der Waals surface area (Å²) in [6, 6.07) is 9.50. The summed E-state index contributed by atoms with van der Waals surface area (Å²) in [6.45, 7) is 4.51. The van der Waals surface area contributed by atoms with E-state index in [0.717, 1.165) is 17.5 Å². The number of carbonyl (C=O) groups excluding carboxylic acids is 2. The Bertz CT molecular complexity index is 751. The van der Waals surface area contributed by atoms with E-state index in [2.05, 4.69) is 0 Å². The third-order valence-electron chi connectivity index (χ3n) is 4.41. The van der Waals surface area contributed by atoms with Gasteiger partial charge in [0.15, 0.2) is 0 Å². The maximum atomic E-state index is 12.7. The lowest BCUT2D eigenvalue weighted by molar-refractivity contribution is 0.0718. The first-order chi connectivity index (χ1) is 11.5. The van der Waals surface area contributed by atoms with Crippen LogP contribution in [0.15, 0.2) is 42.7 Å². The molecule has 2 heterocycles. The second-order valence-corrected chi connectivity index (χ2v) is 6.37. The zero-order chi connectivity index (χ0) is 17.1. The molecular formula is C19H23N3O2. The van der Waals surface area contributed by atoms with Crippen molar-refractivity contribution in [1.29, 1.82) is 0 Å². The maximum absolute atomic E-state index is 12.7. The van der Waals surface area contributed by atoms with Gasteiger partial charge >= 0.3 is 0 Å². The molecule has 5 heteroatoms. The molecular weight excluding hydrogens is 302 g/mol. The molecule has 0 atom stereocenters. The van der Waals surface area contributed by atoms with Gasteiger partial charge in [-0.1, -0.05) is 17.7 Å². The highest BCUT2D eigenvalue weighted by Crippen LogP contribution is 2.13. The molecule has 1 saturated heterocycles. The van der Waals surface area contributed by atoms with Crippen molar-refractivity contribution < 1.29 is 9.59 Å². The highest BCUT2D eigenvalue weighted by atomic mass is 16.2. The Hall–Kier alpha value is -2.56. The average Bonchev–Trinajstić information content (AvgIpc) is 2.86. The number of aryl methyl sites for hydroxylation is 2. The molecule has 1 aromatic heterocycles. The second-order valence-electron chi connectivity index (χ2n) is 6.37. The smallest absolute Gasteiger partial charge is 0.255 e. The van der Waals surface area contributed by atoms with E-state index in [9.17, 15) is 9.59 Å². The van der Waals surface area contributed by atoms with Crippen molar-refractivity contribution in [3.63, 3.8) is 0 Å². The Morgan fingerprint density at radius 2 is 1.58 bits per heavy atom. The fourth-order valence-corrected chi connectivity index (χ4v) is 3.10. The minimum atomic E-state index is 0.0421. The molecule has 0 spiro atoms. The van der Waals surface area contributed by atoms with Crippen molar-refractivity contribution in [2.24, 2.45) is 7.05 Å². The Morgan fingerprint density at radius 3 is 2.17 bits per heavy atom. The van der Waals surface area contributed by atoms with E-state index in [1.807, 2.05) is 71.1 Å². The number of hydrogen-bond donors (Lipinski definition) is 0. The maximum Gasteiger partial charge on any atom is 0.255 e. The van der Waals surface area contributed by atoms with Crippen molar-refractivity contribution in [2.75, 3.05) is 26.2 Å². The van der Waals surface area contributed by atoms with Crippen LogP contribution >= 0.6 is 0 Å². The summed E-state index contributed by atoms with van der Waals surface area (Å²) >= 11 is 0. The minimum Gasteiger partial charge on any atom is -0.356 e. The zero-order valence-electron chi connectivity index (χ0n) is 14.2. The van der Waals surface area contributed by atoms with Crippen LogP contribution in [0.25, 0.3) is 0 Å². The fourth-order valence-electron chi connectivity index (χ4n) is 3.10. The number of carbonyl (C=O) groups is 2. The number of benzene rings is 1. The van der Waals surface area contributed by atoms with Gasteiger partial charge in [-0.25, -0.2) is 0 Å². The van der Waals surface area contributed by atoms with Gasteiger partial charge in [-0.3, -0.25) is 9.59 Å².